The summed E-state index contributed by atoms with van der Waals surface area (Å²) in [5.41, 5.74) is 3.07. The van der Waals surface area contributed by atoms with Crippen molar-refractivity contribution in [3.05, 3.63) is 70.4 Å². The summed E-state index contributed by atoms with van der Waals surface area (Å²) < 4.78 is 5.22. The third kappa shape index (κ3) is 3.82. The average Bonchev–Trinajstić information content (AvgIpc) is 2.87. The van der Waals surface area contributed by atoms with E-state index in [4.69, 9.17) is 16.3 Å². The van der Waals surface area contributed by atoms with Crippen LogP contribution in [0.25, 0.3) is 0 Å². The number of carbonyl (C=O) groups excluding carboxylic acids is 2. The molecule has 1 heterocycles. The van der Waals surface area contributed by atoms with Crippen molar-refractivity contribution >= 4 is 40.8 Å². The molecule has 2 aromatic carbocycles. The van der Waals surface area contributed by atoms with Crippen molar-refractivity contribution in [2.75, 3.05) is 24.8 Å². The summed E-state index contributed by atoms with van der Waals surface area (Å²) in [5.74, 6) is -0.872. The predicted molar refractivity (Wildman–Crippen MR) is 114 cm³/mol. The van der Waals surface area contributed by atoms with Crippen LogP contribution in [0.4, 0.5) is 5.69 Å². The first-order valence-corrected chi connectivity index (χ1v) is 10.4. The zero-order valence-electron chi connectivity index (χ0n) is 16.3. The molecule has 2 aromatic rings. The van der Waals surface area contributed by atoms with E-state index in [2.05, 4.69) is 19.9 Å². The Labute approximate surface area is 174 Å². The number of ether oxygens (including phenoxy) is 1. The van der Waals surface area contributed by atoms with E-state index in [1.165, 1.54) is 11.8 Å². The van der Waals surface area contributed by atoms with Gasteiger partial charge in [-0.15, -0.1) is 11.8 Å². The lowest BCUT2D eigenvalue weighted by Gasteiger charge is -2.23. The molecule has 0 N–H and O–H groups in total. The maximum Gasteiger partial charge on any atom is 0.340 e. The summed E-state index contributed by atoms with van der Waals surface area (Å²) in [7, 11) is 1.94. The zero-order chi connectivity index (χ0) is 20.5. The maximum atomic E-state index is 12.5. The SMILES string of the molecule is CSc1ccc(Cl)c(C(=O)OCC(=O)C=C2N(C)c3ccccc3C2(C)C)c1. The molecule has 0 unspecified atom stereocenters. The normalized spacial score (nSPS) is 16.2. The molecule has 28 heavy (non-hydrogen) atoms. The van der Waals surface area contributed by atoms with Crippen LogP contribution in [0.2, 0.25) is 5.02 Å². The molecule has 1 aliphatic heterocycles. The fourth-order valence-corrected chi connectivity index (χ4v) is 4.09. The Bertz CT molecular complexity index is 968. The van der Waals surface area contributed by atoms with Gasteiger partial charge in [-0.3, -0.25) is 4.79 Å². The fraction of sp³-hybridized carbons (Fsp3) is 0.273. The van der Waals surface area contributed by atoms with Crippen LogP contribution in [0.1, 0.15) is 29.8 Å². The summed E-state index contributed by atoms with van der Waals surface area (Å²) >= 11 is 7.60. The smallest absolute Gasteiger partial charge is 0.340 e. The number of likely N-dealkylation sites (N-methyl/N-ethyl adjacent to an activating group) is 1. The van der Waals surface area contributed by atoms with Gasteiger partial charge in [0.15, 0.2) is 12.4 Å². The third-order valence-electron chi connectivity index (χ3n) is 4.98. The highest BCUT2D eigenvalue weighted by molar-refractivity contribution is 7.98. The minimum absolute atomic E-state index is 0.264. The topological polar surface area (TPSA) is 46.6 Å². The van der Waals surface area contributed by atoms with E-state index in [0.29, 0.717) is 5.02 Å². The van der Waals surface area contributed by atoms with E-state index in [0.717, 1.165) is 21.8 Å². The molecule has 0 fully saturated rings. The largest absolute Gasteiger partial charge is 0.454 e. The molecule has 146 valence electrons. The number of ketones is 1. The number of fused-ring (bicyclic) bond motifs is 1. The van der Waals surface area contributed by atoms with Crippen LogP contribution >= 0.6 is 23.4 Å². The predicted octanol–water partition coefficient (Wildman–Crippen LogP) is 5.10. The van der Waals surface area contributed by atoms with E-state index in [-0.39, 0.29) is 23.4 Å². The summed E-state index contributed by atoms with van der Waals surface area (Å²) in [6.45, 7) is 3.82. The van der Waals surface area contributed by atoms with Crippen LogP contribution in [0.15, 0.2) is 59.1 Å². The van der Waals surface area contributed by atoms with Crippen molar-refractivity contribution in [2.24, 2.45) is 0 Å². The summed E-state index contributed by atoms with van der Waals surface area (Å²) in [6.07, 6.45) is 3.47. The van der Waals surface area contributed by atoms with Gasteiger partial charge in [0.05, 0.1) is 10.6 Å². The Morgan fingerprint density at radius 2 is 1.93 bits per heavy atom. The molecular formula is C22H22ClNO3S. The number of hydrogen-bond donors (Lipinski definition) is 0. The van der Waals surface area contributed by atoms with Crippen molar-refractivity contribution in [3.8, 4) is 0 Å². The summed E-state index contributed by atoms with van der Waals surface area (Å²) in [6, 6.07) is 13.2. The van der Waals surface area contributed by atoms with Gasteiger partial charge in [-0.05, 0) is 36.1 Å². The molecular weight excluding hydrogens is 394 g/mol. The second kappa shape index (κ2) is 8.02. The number of nitrogens with zero attached hydrogens (tertiary/aromatic N) is 1. The van der Waals surface area contributed by atoms with Crippen LogP contribution in [-0.4, -0.2) is 31.7 Å². The first-order chi connectivity index (χ1) is 13.3. The number of benzene rings is 2. The Kier molecular flexibility index (Phi) is 5.87. The summed E-state index contributed by atoms with van der Waals surface area (Å²) in [4.78, 5) is 27.8. The Balaban J connectivity index is 1.74. The maximum absolute atomic E-state index is 12.5. The van der Waals surface area contributed by atoms with Gasteiger partial charge < -0.3 is 9.64 Å². The highest BCUT2D eigenvalue weighted by atomic mass is 35.5. The molecule has 1 aliphatic rings. The number of halogens is 1. The highest BCUT2D eigenvalue weighted by Crippen LogP contribution is 2.46. The molecule has 0 aliphatic carbocycles. The molecule has 0 aromatic heterocycles. The van der Waals surface area contributed by atoms with Gasteiger partial charge in [-0.1, -0.05) is 43.6 Å². The number of anilines is 1. The number of allylic oxidation sites excluding steroid dienone is 1. The van der Waals surface area contributed by atoms with E-state index in [9.17, 15) is 9.59 Å². The van der Waals surface area contributed by atoms with Crippen molar-refractivity contribution in [1.29, 1.82) is 0 Å². The van der Waals surface area contributed by atoms with E-state index in [1.807, 2.05) is 42.5 Å². The van der Waals surface area contributed by atoms with Crippen molar-refractivity contribution in [1.82, 2.24) is 0 Å². The molecule has 3 rings (SSSR count). The lowest BCUT2D eigenvalue weighted by atomic mass is 9.83. The molecule has 0 amide bonds. The second-order valence-electron chi connectivity index (χ2n) is 7.12. The first-order valence-electron chi connectivity index (χ1n) is 8.84. The number of esters is 1. The molecule has 0 bridgehead atoms. The molecule has 0 radical (unpaired) electrons. The number of thioether (sulfide) groups is 1. The van der Waals surface area contributed by atoms with Crippen LogP contribution in [0, 0.1) is 0 Å². The van der Waals surface area contributed by atoms with Crippen LogP contribution in [-0.2, 0) is 14.9 Å². The van der Waals surface area contributed by atoms with Crippen molar-refractivity contribution in [3.63, 3.8) is 0 Å². The molecule has 0 spiro atoms. The Morgan fingerprint density at radius 1 is 1.21 bits per heavy atom. The van der Waals surface area contributed by atoms with Crippen molar-refractivity contribution in [2.45, 2.75) is 24.2 Å². The van der Waals surface area contributed by atoms with Gasteiger partial charge in [0.25, 0.3) is 0 Å². The average molecular weight is 416 g/mol. The number of para-hydroxylation sites is 1. The van der Waals surface area contributed by atoms with Gasteiger partial charge >= 0.3 is 5.97 Å². The van der Waals surface area contributed by atoms with Crippen LogP contribution in [0.5, 0.6) is 0 Å². The summed E-state index contributed by atoms with van der Waals surface area (Å²) in [5, 5.41) is 0.306. The van der Waals surface area contributed by atoms with Gasteiger partial charge in [0, 0.05) is 34.8 Å². The van der Waals surface area contributed by atoms with Crippen molar-refractivity contribution < 1.29 is 14.3 Å². The van der Waals surface area contributed by atoms with E-state index >= 15 is 0 Å². The zero-order valence-corrected chi connectivity index (χ0v) is 17.9. The Morgan fingerprint density at radius 3 is 2.61 bits per heavy atom. The lowest BCUT2D eigenvalue weighted by molar-refractivity contribution is -0.117. The molecule has 0 saturated carbocycles. The number of hydrogen-bond acceptors (Lipinski definition) is 5. The molecule has 0 atom stereocenters. The minimum atomic E-state index is -0.602. The monoisotopic (exact) mass is 415 g/mol. The molecule has 6 heteroatoms. The third-order valence-corrected chi connectivity index (χ3v) is 6.03. The standard InChI is InChI=1S/C22H22ClNO3S/c1-22(2)17-7-5-6-8-19(17)24(3)20(22)11-14(25)13-27-21(26)16-12-15(28-4)9-10-18(16)23/h5-12H,13H2,1-4H3. The van der Waals surface area contributed by atoms with Gasteiger partial charge in [0.1, 0.15) is 0 Å². The van der Waals surface area contributed by atoms with Gasteiger partial charge in [0.2, 0.25) is 0 Å². The van der Waals surface area contributed by atoms with Gasteiger partial charge in [-0.25, -0.2) is 4.79 Å². The van der Waals surface area contributed by atoms with E-state index < -0.39 is 5.97 Å². The first kappa shape index (κ1) is 20.5. The quantitative estimate of drug-likeness (QED) is 0.386. The van der Waals surface area contributed by atoms with Crippen LogP contribution in [0.3, 0.4) is 0 Å². The van der Waals surface area contributed by atoms with E-state index in [1.54, 1.807) is 18.2 Å². The van der Waals surface area contributed by atoms with Crippen LogP contribution < -0.4 is 4.90 Å². The number of rotatable bonds is 5. The minimum Gasteiger partial charge on any atom is -0.454 e. The second-order valence-corrected chi connectivity index (χ2v) is 8.41. The highest BCUT2D eigenvalue weighted by Gasteiger charge is 2.38. The molecule has 0 saturated heterocycles. The number of carbonyl (C=O) groups is 2. The van der Waals surface area contributed by atoms with Gasteiger partial charge in [-0.2, -0.15) is 0 Å². The fourth-order valence-electron chi connectivity index (χ4n) is 3.46. The molecule has 4 nitrogen and oxygen atoms in total. The Hall–Kier alpha value is -2.24. The lowest BCUT2D eigenvalue weighted by Crippen LogP contribution is -2.25.